The molecule has 2 N–H and O–H groups in total. The Morgan fingerprint density at radius 2 is 1.79 bits per heavy atom. The van der Waals surface area contributed by atoms with Gasteiger partial charge in [0.05, 0.1) is 24.5 Å². The van der Waals surface area contributed by atoms with Gasteiger partial charge in [-0.1, -0.05) is 6.07 Å². The largest absolute Gasteiger partial charge is 0.335 e. The predicted molar refractivity (Wildman–Crippen MR) is 99.0 cm³/mol. The van der Waals surface area contributed by atoms with Gasteiger partial charge in [-0.15, -0.1) is 0 Å². The van der Waals surface area contributed by atoms with Crippen molar-refractivity contribution in [2.24, 2.45) is 0 Å². The third-order valence-corrected chi connectivity index (χ3v) is 6.74. The Labute approximate surface area is 147 Å². The molecule has 5 heteroatoms. The molecule has 0 bridgehead atoms. The molecular weight excluding hydrogens is 320 g/mol. The summed E-state index contributed by atoms with van der Waals surface area (Å²) >= 11 is 0. The first kappa shape index (κ1) is 19.4. The molecule has 0 spiro atoms. The molecule has 0 saturated carbocycles. The van der Waals surface area contributed by atoms with E-state index in [2.05, 4.69) is 18.6 Å². The fraction of sp³-hybridized carbons (Fsp3) is 0.684. The second-order valence-corrected chi connectivity index (χ2v) is 8.72. The molecule has 0 saturated heterocycles. The SMILES string of the molecule is CC[NH+](CC)CCC[C@H](C)NS(=O)(=O)c1ccc2c(c1)CCCC2. The van der Waals surface area contributed by atoms with Crippen molar-refractivity contribution in [1.29, 1.82) is 0 Å². The van der Waals surface area contributed by atoms with E-state index in [0.29, 0.717) is 4.90 Å². The number of fused-ring (bicyclic) bond motifs is 1. The average molecular weight is 354 g/mol. The maximum absolute atomic E-state index is 12.6. The third-order valence-electron chi connectivity index (χ3n) is 5.15. The van der Waals surface area contributed by atoms with Gasteiger partial charge >= 0.3 is 0 Å². The first-order chi connectivity index (χ1) is 11.5. The summed E-state index contributed by atoms with van der Waals surface area (Å²) in [5.41, 5.74) is 2.53. The lowest BCUT2D eigenvalue weighted by Gasteiger charge is -2.19. The van der Waals surface area contributed by atoms with E-state index in [1.165, 1.54) is 17.5 Å². The highest BCUT2D eigenvalue weighted by atomic mass is 32.2. The van der Waals surface area contributed by atoms with Crippen molar-refractivity contribution in [2.45, 2.75) is 70.2 Å². The molecule has 0 heterocycles. The summed E-state index contributed by atoms with van der Waals surface area (Å²) in [6.07, 6.45) is 6.38. The van der Waals surface area contributed by atoms with Crippen LogP contribution in [-0.4, -0.2) is 34.1 Å². The minimum atomic E-state index is -3.41. The summed E-state index contributed by atoms with van der Waals surface area (Å²) in [7, 11) is -3.41. The van der Waals surface area contributed by atoms with E-state index in [1.807, 2.05) is 19.1 Å². The number of hydrogen-bond donors (Lipinski definition) is 2. The summed E-state index contributed by atoms with van der Waals surface area (Å²) in [5.74, 6) is 0. The predicted octanol–water partition coefficient (Wildman–Crippen LogP) is 1.94. The van der Waals surface area contributed by atoms with Crippen molar-refractivity contribution in [2.75, 3.05) is 19.6 Å². The maximum Gasteiger partial charge on any atom is 0.240 e. The van der Waals surface area contributed by atoms with Crippen LogP contribution in [0.2, 0.25) is 0 Å². The number of aryl methyl sites for hydroxylation is 2. The number of benzene rings is 1. The number of sulfonamides is 1. The first-order valence-electron chi connectivity index (χ1n) is 9.44. The molecule has 0 unspecified atom stereocenters. The molecule has 1 aromatic rings. The van der Waals surface area contributed by atoms with E-state index in [9.17, 15) is 8.42 Å². The lowest BCUT2D eigenvalue weighted by Crippen LogP contribution is -3.11. The molecule has 0 aliphatic heterocycles. The molecular formula is C19H33N2O2S+. The Balaban J connectivity index is 1.93. The van der Waals surface area contributed by atoms with Gasteiger partial charge in [0.25, 0.3) is 0 Å². The van der Waals surface area contributed by atoms with Gasteiger partial charge in [-0.3, -0.25) is 0 Å². The Bertz CT molecular complexity index is 624. The van der Waals surface area contributed by atoms with E-state index < -0.39 is 10.0 Å². The van der Waals surface area contributed by atoms with Crippen molar-refractivity contribution in [3.8, 4) is 0 Å². The highest BCUT2D eigenvalue weighted by Gasteiger charge is 2.20. The van der Waals surface area contributed by atoms with Gasteiger partial charge in [0.15, 0.2) is 0 Å². The summed E-state index contributed by atoms with van der Waals surface area (Å²) in [6, 6.07) is 5.61. The van der Waals surface area contributed by atoms with Crippen molar-refractivity contribution in [3.05, 3.63) is 29.3 Å². The van der Waals surface area contributed by atoms with E-state index in [-0.39, 0.29) is 6.04 Å². The van der Waals surface area contributed by atoms with Crippen LogP contribution in [0.3, 0.4) is 0 Å². The Morgan fingerprint density at radius 1 is 1.12 bits per heavy atom. The number of hydrogen-bond acceptors (Lipinski definition) is 2. The fourth-order valence-corrected chi connectivity index (χ4v) is 4.86. The number of quaternary nitrogens is 1. The molecule has 0 amide bonds. The van der Waals surface area contributed by atoms with Crippen LogP contribution in [0.5, 0.6) is 0 Å². The van der Waals surface area contributed by atoms with Gasteiger partial charge in [-0.05, 0) is 82.6 Å². The fourth-order valence-electron chi connectivity index (χ4n) is 3.53. The quantitative estimate of drug-likeness (QED) is 0.713. The minimum absolute atomic E-state index is 0.0269. The summed E-state index contributed by atoms with van der Waals surface area (Å²) in [6.45, 7) is 9.73. The molecule has 0 aromatic heterocycles. The molecule has 0 fully saturated rings. The number of nitrogens with one attached hydrogen (secondary N) is 2. The van der Waals surface area contributed by atoms with Crippen LogP contribution >= 0.6 is 0 Å². The molecule has 1 atom stereocenters. The lowest BCUT2D eigenvalue weighted by atomic mass is 9.92. The third kappa shape index (κ3) is 5.30. The topological polar surface area (TPSA) is 50.6 Å². The van der Waals surface area contributed by atoms with Gasteiger partial charge in [0, 0.05) is 6.04 Å². The summed E-state index contributed by atoms with van der Waals surface area (Å²) in [4.78, 5) is 1.99. The molecule has 1 aromatic carbocycles. The van der Waals surface area contributed by atoms with Crippen molar-refractivity contribution in [3.63, 3.8) is 0 Å². The average Bonchev–Trinajstić information content (AvgIpc) is 2.58. The van der Waals surface area contributed by atoms with E-state index in [4.69, 9.17) is 0 Å². The van der Waals surface area contributed by atoms with Crippen LogP contribution < -0.4 is 9.62 Å². The highest BCUT2D eigenvalue weighted by Crippen LogP contribution is 2.24. The van der Waals surface area contributed by atoms with Gasteiger partial charge in [-0.25, -0.2) is 13.1 Å². The maximum atomic E-state index is 12.6. The van der Waals surface area contributed by atoms with Crippen molar-refractivity contribution >= 4 is 10.0 Å². The van der Waals surface area contributed by atoms with Gasteiger partial charge in [0.2, 0.25) is 10.0 Å². The Morgan fingerprint density at radius 3 is 2.46 bits per heavy atom. The van der Waals surface area contributed by atoms with Crippen LogP contribution in [-0.2, 0) is 22.9 Å². The van der Waals surface area contributed by atoms with Crippen molar-refractivity contribution in [1.82, 2.24) is 4.72 Å². The first-order valence-corrected chi connectivity index (χ1v) is 10.9. The Kier molecular flexibility index (Phi) is 7.26. The Hall–Kier alpha value is -0.910. The molecule has 4 nitrogen and oxygen atoms in total. The van der Waals surface area contributed by atoms with Gasteiger partial charge in [0.1, 0.15) is 0 Å². The molecule has 136 valence electrons. The standard InChI is InChI=1S/C19H32N2O2S/c1-4-21(5-2)14-8-9-16(3)20-24(22,23)19-13-12-17-10-6-7-11-18(17)15-19/h12-13,15-16,20H,4-11,14H2,1-3H3/p+1/t16-/m0/s1. The van der Waals surface area contributed by atoms with E-state index >= 15 is 0 Å². The molecule has 24 heavy (non-hydrogen) atoms. The minimum Gasteiger partial charge on any atom is -0.335 e. The summed E-state index contributed by atoms with van der Waals surface area (Å²) in [5, 5.41) is 0. The molecule has 1 aliphatic carbocycles. The molecule has 1 aliphatic rings. The zero-order chi connectivity index (χ0) is 17.6. The van der Waals surface area contributed by atoms with Crippen LogP contribution in [0.15, 0.2) is 23.1 Å². The van der Waals surface area contributed by atoms with Gasteiger partial charge in [-0.2, -0.15) is 0 Å². The second kappa shape index (κ2) is 8.97. The monoisotopic (exact) mass is 353 g/mol. The van der Waals surface area contributed by atoms with E-state index in [0.717, 1.165) is 51.7 Å². The highest BCUT2D eigenvalue weighted by molar-refractivity contribution is 7.89. The normalized spacial score (nSPS) is 16.2. The smallest absolute Gasteiger partial charge is 0.240 e. The van der Waals surface area contributed by atoms with E-state index in [1.54, 1.807) is 11.0 Å². The molecule has 2 rings (SSSR count). The zero-order valence-corrected chi connectivity index (χ0v) is 16.2. The zero-order valence-electron chi connectivity index (χ0n) is 15.4. The number of rotatable bonds is 9. The molecule has 0 radical (unpaired) electrons. The van der Waals surface area contributed by atoms with Crippen LogP contribution in [0, 0.1) is 0 Å². The van der Waals surface area contributed by atoms with Crippen molar-refractivity contribution < 1.29 is 13.3 Å². The second-order valence-electron chi connectivity index (χ2n) is 7.01. The summed E-state index contributed by atoms with van der Waals surface area (Å²) < 4.78 is 28.1. The lowest BCUT2D eigenvalue weighted by molar-refractivity contribution is -0.896. The van der Waals surface area contributed by atoms with Crippen LogP contribution in [0.4, 0.5) is 0 Å². The van der Waals surface area contributed by atoms with Crippen LogP contribution in [0.25, 0.3) is 0 Å². The van der Waals surface area contributed by atoms with Gasteiger partial charge < -0.3 is 4.90 Å². The van der Waals surface area contributed by atoms with Crippen LogP contribution in [0.1, 0.15) is 57.6 Å².